The Morgan fingerprint density at radius 1 is 0.939 bits per heavy atom. The molecule has 1 aliphatic heterocycles. The van der Waals surface area contributed by atoms with E-state index in [4.69, 9.17) is 4.98 Å². The lowest BCUT2D eigenvalue weighted by Gasteiger charge is -2.35. The van der Waals surface area contributed by atoms with E-state index in [0.717, 1.165) is 21.6 Å². The minimum Gasteiger partial charge on any atom is -0.335 e. The number of piperazine rings is 1. The van der Waals surface area contributed by atoms with Crippen LogP contribution in [0.4, 0.5) is 0 Å². The molecule has 0 bridgehead atoms. The SMILES string of the molecule is CC(C)n1ncc2c(C(=O)N3CCN(C(=O)c4ccccc4)CC3)cc(-c3cccs3)nc21. The molecule has 0 unspecified atom stereocenters. The van der Waals surface area contributed by atoms with Crippen molar-refractivity contribution in [3.05, 3.63) is 71.2 Å². The average Bonchev–Trinajstić information content (AvgIpc) is 3.53. The van der Waals surface area contributed by atoms with Crippen molar-refractivity contribution in [3.8, 4) is 10.6 Å². The van der Waals surface area contributed by atoms with Crippen molar-refractivity contribution in [2.45, 2.75) is 19.9 Å². The maximum Gasteiger partial charge on any atom is 0.254 e. The monoisotopic (exact) mass is 459 g/mol. The molecule has 7 nitrogen and oxygen atoms in total. The van der Waals surface area contributed by atoms with E-state index in [2.05, 4.69) is 18.9 Å². The summed E-state index contributed by atoms with van der Waals surface area (Å²) in [6.45, 7) is 6.11. The highest BCUT2D eigenvalue weighted by Gasteiger charge is 2.28. The van der Waals surface area contributed by atoms with Gasteiger partial charge in [-0.3, -0.25) is 9.59 Å². The van der Waals surface area contributed by atoms with Gasteiger partial charge in [0.05, 0.1) is 27.7 Å². The number of benzene rings is 1. The second-order valence-corrected chi connectivity index (χ2v) is 9.35. The van der Waals surface area contributed by atoms with Crippen molar-refractivity contribution in [1.29, 1.82) is 0 Å². The highest BCUT2D eigenvalue weighted by Crippen LogP contribution is 2.29. The van der Waals surface area contributed by atoms with E-state index in [1.165, 1.54) is 0 Å². The van der Waals surface area contributed by atoms with Crippen LogP contribution in [0.1, 0.15) is 40.6 Å². The van der Waals surface area contributed by atoms with Crippen LogP contribution in [0.2, 0.25) is 0 Å². The van der Waals surface area contributed by atoms with E-state index < -0.39 is 0 Å². The quantitative estimate of drug-likeness (QED) is 0.455. The van der Waals surface area contributed by atoms with Gasteiger partial charge in [0.25, 0.3) is 11.8 Å². The first kappa shape index (κ1) is 21.3. The highest BCUT2D eigenvalue weighted by molar-refractivity contribution is 7.13. The summed E-state index contributed by atoms with van der Waals surface area (Å²) in [6.07, 6.45) is 1.74. The zero-order valence-corrected chi connectivity index (χ0v) is 19.5. The topological polar surface area (TPSA) is 71.3 Å². The molecule has 0 spiro atoms. The van der Waals surface area contributed by atoms with Crippen LogP contribution < -0.4 is 0 Å². The van der Waals surface area contributed by atoms with Gasteiger partial charge >= 0.3 is 0 Å². The van der Waals surface area contributed by atoms with Crippen LogP contribution >= 0.6 is 11.3 Å². The maximum absolute atomic E-state index is 13.6. The molecule has 1 aliphatic rings. The molecule has 1 saturated heterocycles. The van der Waals surface area contributed by atoms with Crippen molar-refractivity contribution in [2.75, 3.05) is 26.2 Å². The van der Waals surface area contributed by atoms with Crippen LogP contribution in [0.5, 0.6) is 0 Å². The summed E-state index contributed by atoms with van der Waals surface area (Å²) in [5.74, 6) is -0.0393. The van der Waals surface area contributed by atoms with Gasteiger partial charge in [0, 0.05) is 37.8 Å². The Morgan fingerprint density at radius 3 is 2.27 bits per heavy atom. The third kappa shape index (κ3) is 4.02. The molecule has 33 heavy (non-hydrogen) atoms. The molecule has 8 heteroatoms. The predicted molar refractivity (Wildman–Crippen MR) is 129 cm³/mol. The van der Waals surface area contributed by atoms with Gasteiger partial charge in [-0.2, -0.15) is 5.10 Å². The largest absolute Gasteiger partial charge is 0.335 e. The molecule has 0 aliphatic carbocycles. The smallest absolute Gasteiger partial charge is 0.254 e. The van der Waals surface area contributed by atoms with Gasteiger partial charge in [-0.25, -0.2) is 9.67 Å². The maximum atomic E-state index is 13.6. The van der Waals surface area contributed by atoms with Crippen LogP contribution in [-0.4, -0.2) is 62.6 Å². The number of aromatic nitrogens is 3. The number of amides is 2. The molecule has 4 heterocycles. The van der Waals surface area contributed by atoms with E-state index in [-0.39, 0.29) is 17.9 Å². The van der Waals surface area contributed by atoms with Crippen LogP contribution in [-0.2, 0) is 0 Å². The summed E-state index contributed by atoms with van der Waals surface area (Å²) < 4.78 is 1.86. The summed E-state index contributed by atoms with van der Waals surface area (Å²) >= 11 is 1.60. The Labute approximate surface area is 196 Å². The molecule has 4 aromatic rings. The number of hydrogen-bond acceptors (Lipinski definition) is 5. The number of pyridine rings is 1. The van der Waals surface area contributed by atoms with E-state index >= 15 is 0 Å². The van der Waals surface area contributed by atoms with Crippen molar-refractivity contribution < 1.29 is 9.59 Å². The van der Waals surface area contributed by atoms with Crippen molar-refractivity contribution >= 4 is 34.2 Å². The average molecular weight is 460 g/mol. The van der Waals surface area contributed by atoms with Crippen molar-refractivity contribution in [2.24, 2.45) is 0 Å². The molecule has 1 fully saturated rings. The molecule has 0 saturated carbocycles. The fraction of sp³-hybridized carbons (Fsp3) is 0.280. The van der Waals surface area contributed by atoms with Gasteiger partial charge < -0.3 is 9.80 Å². The number of rotatable bonds is 4. The summed E-state index contributed by atoms with van der Waals surface area (Å²) in [6, 6.07) is 15.3. The number of carbonyl (C=O) groups excluding carboxylic acids is 2. The lowest BCUT2D eigenvalue weighted by molar-refractivity contribution is 0.0536. The fourth-order valence-electron chi connectivity index (χ4n) is 4.17. The molecule has 2 amide bonds. The molecule has 0 N–H and O–H groups in total. The fourth-order valence-corrected chi connectivity index (χ4v) is 4.86. The zero-order valence-electron chi connectivity index (χ0n) is 18.6. The van der Waals surface area contributed by atoms with E-state index in [1.54, 1.807) is 17.5 Å². The van der Waals surface area contributed by atoms with E-state index in [0.29, 0.717) is 37.3 Å². The number of thiophene rings is 1. The molecule has 0 radical (unpaired) electrons. The van der Waals surface area contributed by atoms with Gasteiger partial charge in [-0.1, -0.05) is 24.3 Å². The Kier molecular flexibility index (Phi) is 5.68. The van der Waals surface area contributed by atoms with Gasteiger partial charge in [-0.15, -0.1) is 11.3 Å². The van der Waals surface area contributed by atoms with Gasteiger partial charge in [0.15, 0.2) is 5.65 Å². The van der Waals surface area contributed by atoms with Crippen molar-refractivity contribution in [3.63, 3.8) is 0 Å². The molecule has 0 atom stereocenters. The summed E-state index contributed by atoms with van der Waals surface area (Å²) in [5, 5.41) is 7.27. The minimum absolute atomic E-state index is 0.00666. The Bertz CT molecular complexity index is 1290. The van der Waals surface area contributed by atoms with Gasteiger partial charge in [0.2, 0.25) is 0 Å². The van der Waals surface area contributed by atoms with Crippen LogP contribution in [0.3, 0.4) is 0 Å². The number of hydrogen-bond donors (Lipinski definition) is 0. The zero-order chi connectivity index (χ0) is 22.9. The predicted octanol–water partition coefficient (Wildman–Crippen LogP) is 4.34. The Hall–Kier alpha value is -3.52. The number of fused-ring (bicyclic) bond motifs is 1. The molecule has 5 rings (SSSR count). The van der Waals surface area contributed by atoms with Crippen molar-refractivity contribution in [1.82, 2.24) is 24.6 Å². The number of nitrogens with zero attached hydrogens (tertiary/aromatic N) is 5. The minimum atomic E-state index is -0.0460. The highest BCUT2D eigenvalue weighted by atomic mass is 32.1. The van der Waals surface area contributed by atoms with Gasteiger partial charge in [-0.05, 0) is 43.5 Å². The first-order valence-corrected chi connectivity index (χ1v) is 12.0. The molecule has 3 aromatic heterocycles. The standard InChI is InChI=1S/C25H25N5O2S/c1-17(2)30-23-20(16-26-30)19(15-21(27-23)22-9-6-14-33-22)25(32)29-12-10-28(11-13-29)24(31)18-7-4-3-5-8-18/h3-9,14-17H,10-13H2,1-2H3. The molecular formula is C25H25N5O2S. The van der Waals surface area contributed by atoms with Crippen LogP contribution in [0, 0.1) is 0 Å². The Morgan fingerprint density at radius 2 is 1.64 bits per heavy atom. The van der Waals surface area contributed by atoms with Crippen LogP contribution in [0.15, 0.2) is 60.1 Å². The molecule has 168 valence electrons. The lowest BCUT2D eigenvalue weighted by atomic mass is 10.1. The summed E-state index contributed by atoms with van der Waals surface area (Å²) in [5.41, 5.74) is 2.78. The summed E-state index contributed by atoms with van der Waals surface area (Å²) in [7, 11) is 0. The first-order chi connectivity index (χ1) is 16.0. The second kappa shape index (κ2) is 8.78. The van der Waals surface area contributed by atoms with E-state index in [9.17, 15) is 9.59 Å². The molecule has 1 aromatic carbocycles. The second-order valence-electron chi connectivity index (χ2n) is 8.40. The first-order valence-electron chi connectivity index (χ1n) is 11.1. The Balaban J connectivity index is 1.42. The summed E-state index contributed by atoms with van der Waals surface area (Å²) in [4.78, 5) is 35.9. The van der Waals surface area contributed by atoms with E-state index in [1.807, 2.05) is 68.4 Å². The molecular weight excluding hydrogens is 434 g/mol. The van der Waals surface area contributed by atoms with Gasteiger partial charge in [0.1, 0.15) is 0 Å². The number of carbonyl (C=O) groups is 2. The third-order valence-electron chi connectivity index (χ3n) is 5.93. The normalized spacial score (nSPS) is 14.3. The third-order valence-corrected chi connectivity index (χ3v) is 6.83. The van der Waals surface area contributed by atoms with Crippen LogP contribution in [0.25, 0.3) is 21.6 Å². The lowest BCUT2D eigenvalue weighted by Crippen LogP contribution is -2.50.